The Balaban J connectivity index is 1.49. The van der Waals surface area contributed by atoms with E-state index in [0.717, 1.165) is 57.5 Å². The highest BCUT2D eigenvalue weighted by molar-refractivity contribution is 5.96. The molecule has 32 heavy (non-hydrogen) atoms. The SMILES string of the molecule is CCOC(=O)c1c(C)nc(Nc2cnn(C)c2)nc1NC1CCC(N2CCNCC2)CC1. The molecule has 0 aromatic carbocycles. The third-order valence-electron chi connectivity index (χ3n) is 6.24. The van der Waals surface area contributed by atoms with Gasteiger partial charge in [0, 0.05) is 51.5 Å². The van der Waals surface area contributed by atoms with Crippen LogP contribution in [-0.4, -0.2) is 75.5 Å². The summed E-state index contributed by atoms with van der Waals surface area (Å²) in [5.41, 5.74) is 1.79. The predicted molar refractivity (Wildman–Crippen MR) is 123 cm³/mol. The summed E-state index contributed by atoms with van der Waals surface area (Å²) >= 11 is 0. The Kier molecular flexibility index (Phi) is 7.21. The van der Waals surface area contributed by atoms with Crippen molar-refractivity contribution in [2.75, 3.05) is 43.4 Å². The molecular weight excluding hydrogens is 408 g/mol. The summed E-state index contributed by atoms with van der Waals surface area (Å²) in [6, 6.07) is 0.914. The van der Waals surface area contributed by atoms with Gasteiger partial charge in [0.15, 0.2) is 0 Å². The Morgan fingerprint density at radius 2 is 1.97 bits per heavy atom. The van der Waals surface area contributed by atoms with Gasteiger partial charge in [-0.1, -0.05) is 0 Å². The third kappa shape index (κ3) is 5.36. The fourth-order valence-corrected chi connectivity index (χ4v) is 4.62. The quantitative estimate of drug-likeness (QED) is 0.555. The number of esters is 1. The highest BCUT2D eigenvalue weighted by Crippen LogP contribution is 2.28. The van der Waals surface area contributed by atoms with Gasteiger partial charge in [-0.2, -0.15) is 10.1 Å². The first kappa shape index (κ1) is 22.5. The summed E-state index contributed by atoms with van der Waals surface area (Å²) < 4.78 is 7.00. The van der Waals surface area contributed by atoms with Gasteiger partial charge in [0.2, 0.25) is 5.95 Å². The number of rotatable bonds is 7. The molecule has 0 bridgehead atoms. The molecule has 2 aromatic heterocycles. The zero-order chi connectivity index (χ0) is 22.5. The molecule has 1 saturated heterocycles. The van der Waals surface area contributed by atoms with E-state index in [-0.39, 0.29) is 6.04 Å². The van der Waals surface area contributed by atoms with E-state index in [1.165, 1.54) is 0 Å². The van der Waals surface area contributed by atoms with Crippen molar-refractivity contribution in [3.8, 4) is 0 Å². The van der Waals surface area contributed by atoms with Gasteiger partial charge in [-0.3, -0.25) is 9.58 Å². The minimum absolute atomic E-state index is 0.267. The molecule has 2 fully saturated rings. The van der Waals surface area contributed by atoms with Crippen molar-refractivity contribution in [3.05, 3.63) is 23.7 Å². The molecule has 0 amide bonds. The van der Waals surface area contributed by atoms with Crippen molar-refractivity contribution in [3.63, 3.8) is 0 Å². The van der Waals surface area contributed by atoms with Crippen molar-refractivity contribution in [1.29, 1.82) is 0 Å². The number of anilines is 3. The van der Waals surface area contributed by atoms with Crippen LogP contribution in [0.25, 0.3) is 0 Å². The highest BCUT2D eigenvalue weighted by atomic mass is 16.5. The number of carbonyl (C=O) groups is 1. The number of hydrogen-bond acceptors (Lipinski definition) is 9. The van der Waals surface area contributed by atoms with Gasteiger partial charge >= 0.3 is 5.97 Å². The topological polar surface area (TPSA) is 109 Å². The van der Waals surface area contributed by atoms with Gasteiger partial charge in [-0.05, 0) is 39.5 Å². The molecular formula is C22H34N8O2. The summed E-state index contributed by atoms with van der Waals surface area (Å²) in [6.07, 6.45) is 7.95. The Hall–Kier alpha value is -2.72. The second-order valence-corrected chi connectivity index (χ2v) is 8.54. The Morgan fingerprint density at radius 1 is 1.22 bits per heavy atom. The molecule has 3 heterocycles. The maximum atomic E-state index is 12.7. The van der Waals surface area contributed by atoms with Crippen LogP contribution in [0.3, 0.4) is 0 Å². The first-order valence-electron chi connectivity index (χ1n) is 11.6. The van der Waals surface area contributed by atoms with E-state index >= 15 is 0 Å². The molecule has 174 valence electrons. The number of piperazine rings is 1. The molecule has 1 saturated carbocycles. The van der Waals surface area contributed by atoms with Gasteiger partial charge in [-0.25, -0.2) is 9.78 Å². The first-order valence-corrected chi connectivity index (χ1v) is 11.6. The number of nitrogens with zero attached hydrogens (tertiary/aromatic N) is 5. The van der Waals surface area contributed by atoms with Gasteiger partial charge in [-0.15, -0.1) is 0 Å². The Morgan fingerprint density at radius 3 is 2.62 bits per heavy atom. The Labute approximate surface area is 189 Å². The number of hydrogen-bond donors (Lipinski definition) is 3. The van der Waals surface area contributed by atoms with E-state index in [4.69, 9.17) is 4.74 Å². The molecule has 2 aromatic rings. The fourth-order valence-electron chi connectivity index (χ4n) is 4.62. The molecule has 0 radical (unpaired) electrons. The largest absolute Gasteiger partial charge is 0.462 e. The lowest BCUT2D eigenvalue weighted by atomic mass is 9.89. The van der Waals surface area contributed by atoms with Gasteiger partial charge in [0.05, 0.1) is 24.2 Å². The summed E-state index contributed by atoms with van der Waals surface area (Å²) in [7, 11) is 1.85. The number of carbonyl (C=O) groups excluding carboxylic acids is 1. The second-order valence-electron chi connectivity index (χ2n) is 8.54. The minimum atomic E-state index is -0.394. The average Bonchev–Trinajstić information content (AvgIpc) is 3.19. The monoisotopic (exact) mass is 442 g/mol. The van der Waals surface area contributed by atoms with Crippen LogP contribution >= 0.6 is 0 Å². The summed E-state index contributed by atoms with van der Waals surface area (Å²) in [5, 5.41) is 14.3. The van der Waals surface area contributed by atoms with Crippen LogP contribution in [0, 0.1) is 6.92 Å². The van der Waals surface area contributed by atoms with E-state index in [2.05, 4.69) is 35.9 Å². The number of nitrogens with one attached hydrogen (secondary N) is 3. The lowest BCUT2D eigenvalue weighted by Crippen LogP contribution is -2.50. The Bertz CT molecular complexity index is 917. The summed E-state index contributed by atoms with van der Waals surface area (Å²) in [5.74, 6) is 0.573. The van der Waals surface area contributed by atoms with Crippen LogP contribution in [0.15, 0.2) is 12.4 Å². The van der Waals surface area contributed by atoms with Crippen molar-refractivity contribution in [1.82, 2.24) is 30.0 Å². The van der Waals surface area contributed by atoms with Gasteiger partial charge in [0.25, 0.3) is 0 Å². The maximum Gasteiger partial charge on any atom is 0.343 e. The van der Waals surface area contributed by atoms with E-state index in [9.17, 15) is 4.79 Å². The van der Waals surface area contributed by atoms with Crippen LogP contribution < -0.4 is 16.0 Å². The molecule has 10 heteroatoms. The van der Waals surface area contributed by atoms with Gasteiger partial charge in [0.1, 0.15) is 11.4 Å². The smallest absolute Gasteiger partial charge is 0.343 e. The summed E-state index contributed by atoms with van der Waals surface area (Å²) in [6.45, 7) is 8.34. The van der Waals surface area contributed by atoms with E-state index in [1.807, 2.05) is 20.2 Å². The molecule has 0 unspecified atom stereocenters. The first-order chi connectivity index (χ1) is 15.5. The third-order valence-corrected chi connectivity index (χ3v) is 6.24. The maximum absolute atomic E-state index is 12.7. The van der Waals surface area contributed by atoms with Crippen molar-refractivity contribution in [2.24, 2.45) is 7.05 Å². The summed E-state index contributed by atoms with van der Waals surface area (Å²) in [4.78, 5) is 24.4. The molecule has 2 aliphatic rings. The second kappa shape index (κ2) is 10.3. The lowest BCUT2D eigenvalue weighted by Gasteiger charge is -2.39. The number of aryl methyl sites for hydroxylation is 2. The van der Waals surface area contributed by atoms with Crippen molar-refractivity contribution < 1.29 is 9.53 Å². The molecule has 3 N–H and O–H groups in total. The average molecular weight is 443 g/mol. The molecule has 0 spiro atoms. The van der Waals surface area contributed by atoms with Crippen LogP contribution in [0.1, 0.15) is 48.7 Å². The predicted octanol–water partition coefficient (Wildman–Crippen LogP) is 2.07. The van der Waals surface area contributed by atoms with E-state index in [0.29, 0.717) is 35.7 Å². The molecule has 10 nitrogen and oxygen atoms in total. The van der Waals surface area contributed by atoms with Crippen LogP contribution in [0.4, 0.5) is 17.5 Å². The zero-order valence-electron chi connectivity index (χ0n) is 19.2. The molecule has 0 atom stereocenters. The number of aromatic nitrogens is 4. The van der Waals surface area contributed by atoms with Gasteiger partial charge < -0.3 is 20.7 Å². The standard InChI is InChI=1S/C22H34N8O2/c1-4-32-21(31)19-15(2)25-22(27-17-13-24-29(3)14-17)28-20(19)26-16-5-7-18(8-6-16)30-11-9-23-10-12-30/h13-14,16,18,23H,4-12H2,1-3H3,(H2,25,26,27,28). The van der Waals surface area contributed by atoms with Crippen LogP contribution in [-0.2, 0) is 11.8 Å². The van der Waals surface area contributed by atoms with E-state index in [1.54, 1.807) is 17.8 Å². The molecule has 1 aliphatic carbocycles. The van der Waals surface area contributed by atoms with E-state index < -0.39 is 5.97 Å². The van der Waals surface area contributed by atoms with Crippen molar-refractivity contribution in [2.45, 2.75) is 51.6 Å². The molecule has 1 aliphatic heterocycles. The normalized spacial score (nSPS) is 21.8. The zero-order valence-corrected chi connectivity index (χ0v) is 19.2. The minimum Gasteiger partial charge on any atom is -0.462 e. The lowest BCUT2D eigenvalue weighted by molar-refractivity contribution is 0.0525. The van der Waals surface area contributed by atoms with Crippen LogP contribution in [0.5, 0.6) is 0 Å². The molecule has 4 rings (SSSR count). The fraction of sp³-hybridized carbons (Fsp3) is 0.636. The number of ether oxygens (including phenoxy) is 1. The van der Waals surface area contributed by atoms with Crippen molar-refractivity contribution >= 4 is 23.4 Å². The van der Waals surface area contributed by atoms with Crippen LogP contribution in [0.2, 0.25) is 0 Å². The highest BCUT2D eigenvalue weighted by Gasteiger charge is 2.28.